The minimum absolute atomic E-state index is 0.0195. The standard InChI is InChI=1S/C18H24N2O3/c1-19(2)9-10-20-13-18(17(22)12-16(20)8-11-21)23-14-15-6-4-3-5-7-15/h3-7,12-13,21H,8-11,14H2,1-2H3. The van der Waals surface area contributed by atoms with Crippen molar-refractivity contribution in [2.45, 2.75) is 19.6 Å². The third-order valence-electron chi connectivity index (χ3n) is 3.58. The highest BCUT2D eigenvalue weighted by Crippen LogP contribution is 2.11. The molecule has 1 aromatic carbocycles. The van der Waals surface area contributed by atoms with Gasteiger partial charge in [0.2, 0.25) is 5.43 Å². The van der Waals surface area contributed by atoms with Crippen molar-refractivity contribution >= 4 is 0 Å². The summed E-state index contributed by atoms with van der Waals surface area (Å²) in [5, 5.41) is 9.18. The second-order valence-corrected chi connectivity index (χ2v) is 5.74. The van der Waals surface area contributed by atoms with Crippen LogP contribution in [0.3, 0.4) is 0 Å². The number of benzene rings is 1. The van der Waals surface area contributed by atoms with Crippen molar-refractivity contribution in [1.82, 2.24) is 9.47 Å². The summed E-state index contributed by atoms with van der Waals surface area (Å²) in [7, 11) is 4.00. The van der Waals surface area contributed by atoms with Crippen LogP contribution in [0.5, 0.6) is 5.75 Å². The first kappa shape index (κ1) is 17.2. The van der Waals surface area contributed by atoms with E-state index in [1.807, 2.05) is 49.0 Å². The average Bonchev–Trinajstić information content (AvgIpc) is 2.54. The number of ether oxygens (including phenoxy) is 1. The summed E-state index contributed by atoms with van der Waals surface area (Å²) in [6.45, 7) is 1.97. The van der Waals surface area contributed by atoms with Gasteiger partial charge in [0, 0.05) is 37.9 Å². The summed E-state index contributed by atoms with van der Waals surface area (Å²) in [6, 6.07) is 11.3. The molecule has 0 bridgehead atoms. The Balaban J connectivity index is 2.18. The lowest BCUT2D eigenvalue weighted by molar-refractivity contribution is 0.288. The third kappa shape index (κ3) is 5.23. The average molecular weight is 316 g/mol. The number of nitrogens with zero attached hydrogens (tertiary/aromatic N) is 2. The molecular formula is C18H24N2O3. The smallest absolute Gasteiger partial charge is 0.223 e. The zero-order chi connectivity index (χ0) is 16.7. The van der Waals surface area contributed by atoms with Gasteiger partial charge in [0.1, 0.15) is 6.61 Å². The predicted molar refractivity (Wildman–Crippen MR) is 90.8 cm³/mol. The van der Waals surface area contributed by atoms with Crippen LogP contribution in [0.25, 0.3) is 0 Å². The van der Waals surface area contributed by atoms with Crippen LogP contribution in [0.2, 0.25) is 0 Å². The SMILES string of the molecule is CN(C)CCn1cc(OCc2ccccc2)c(=O)cc1CCO. The molecule has 2 aromatic rings. The lowest BCUT2D eigenvalue weighted by atomic mass is 10.2. The molecule has 0 aliphatic rings. The molecule has 0 spiro atoms. The molecule has 0 aliphatic heterocycles. The third-order valence-corrected chi connectivity index (χ3v) is 3.58. The van der Waals surface area contributed by atoms with Crippen LogP contribution in [0.1, 0.15) is 11.3 Å². The number of likely N-dealkylation sites (N-methyl/N-ethyl adjacent to an activating group) is 1. The highest BCUT2D eigenvalue weighted by Gasteiger charge is 2.08. The Labute approximate surface area is 136 Å². The molecule has 23 heavy (non-hydrogen) atoms. The zero-order valence-corrected chi connectivity index (χ0v) is 13.7. The Hall–Kier alpha value is -2.11. The summed E-state index contributed by atoms with van der Waals surface area (Å²) in [5.74, 6) is 0.342. The van der Waals surface area contributed by atoms with Gasteiger partial charge in [0.15, 0.2) is 5.75 Å². The molecule has 0 aliphatic carbocycles. The number of pyridine rings is 1. The van der Waals surface area contributed by atoms with E-state index < -0.39 is 0 Å². The first-order valence-electron chi connectivity index (χ1n) is 7.76. The van der Waals surface area contributed by atoms with Crippen LogP contribution in [-0.4, -0.2) is 41.8 Å². The van der Waals surface area contributed by atoms with E-state index in [1.54, 1.807) is 12.3 Å². The number of aliphatic hydroxyl groups excluding tert-OH is 1. The van der Waals surface area contributed by atoms with Crippen molar-refractivity contribution in [3.05, 3.63) is 64.1 Å². The number of hydrogen-bond donors (Lipinski definition) is 1. The topological polar surface area (TPSA) is 54.7 Å². The molecule has 0 saturated heterocycles. The Bertz CT molecular complexity index is 666. The van der Waals surface area contributed by atoms with Crippen LogP contribution in [-0.2, 0) is 19.6 Å². The van der Waals surface area contributed by atoms with Gasteiger partial charge in [-0.2, -0.15) is 0 Å². The fourth-order valence-electron chi connectivity index (χ4n) is 2.28. The minimum Gasteiger partial charge on any atom is -0.483 e. The van der Waals surface area contributed by atoms with Crippen molar-refractivity contribution in [2.75, 3.05) is 27.2 Å². The van der Waals surface area contributed by atoms with Crippen molar-refractivity contribution < 1.29 is 9.84 Å². The molecule has 1 heterocycles. The second-order valence-electron chi connectivity index (χ2n) is 5.74. The van der Waals surface area contributed by atoms with Gasteiger partial charge in [0.05, 0.1) is 6.20 Å². The van der Waals surface area contributed by atoms with Gasteiger partial charge >= 0.3 is 0 Å². The maximum atomic E-state index is 12.2. The van der Waals surface area contributed by atoms with Gasteiger partial charge in [0.25, 0.3) is 0 Å². The summed E-state index contributed by atoms with van der Waals surface area (Å²) < 4.78 is 7.68. The Morgan fingerprint density at radius 2 is 1.96 bits per heavy atom. The summed E-state index contributed by atoms with van der Waals surface area (Å²) >= 11 is 0. The number of rotatable bonds is 8. The molecule has 5 heteroatoms. The fraction of sp³-hybridized carbons (Fsp3) is 0.389. The molecule has 0 radical (unpaired) electrons. The van der Waals surface area contributed by atoms with Crippen LogP contribution in [0, 0.1) is 0 Å². The Kier molecular flexibility index (Phi) is 6.38. The van der Waals surface area contributed by atoms with Gasteiger partial charge < -0.3 is 19.3 Å². The highest BCUT2D eigenvalue weighted by molar-refractivity contribution is 5.23. The van der Waals surface area contributed by atoms with Crippen LogP contribution in [0.15, 0.2) is 47.4 Å². The van der Waals surface area contributed by atoms with Crippen molar-refractivity contribution in [2.24, 2.45) is 0 Å². The molecule has 0 saturated carbocycles. The van der Waals surface area contributed by atoms with E-state index in [2.05, 4.69) is 4.90 Å². The minimum atomic E-state index is -0.148. The van der Waals surface area contributed by atoms with E-state index in [9.17, 15) is 9.90 Å². The first-order chi connectivity index (χ1) is 11.1. The normalized spacial score (nSPS) is 11.0. The molecule has 1 N–H and O–H groups in total. The van der Waals surface area contributed by atoms with Gasteiger partial charge in [-0.3, -0.25) is 4.79 Å². The maximum absolute atomic E-state index is 12.2. The molecular weight excluding hydrogens is 292 g/mol. The Morgan fingerprint density at radius 1 is 1.22 bits per heavy atom. The molecule has 0 atom stereocenters. The van der Waals surface area contributed by atoms with Crippen LogP contribution >= 0.6 is 0 Å². The largest absolute Gasteiger partial charge is 0.483 e. The highest BCUT2D eigenvalue weighted by atomic mass is 16.5. The molecule has 1 aromatic heterocycles. The predicted octanol–water partition coefficient (Wildman–Crippen LogP) is 1.52. The zero-order valence-electron chi connectivity index (χ0n) is 13.7. The van der Waals surface area contributed by atoms with Crippen LogP contribution in [0.4, 0.5) is 0 Å². The van der Waals surface area contributed by atoms with E-state index in [0.29, 0.717) is 18.8 Å². The lowest BCUT2D eigenvalue weighted by Gasteiger charge is -2.17. The first-order valence-corrected chi connectivity index (χ1v) is 7.76. The van der Waals surface area contributed by atoms with Gasteiger partial charge in [-0.25, -0.2) is 0 Å². The van der Waals surface area contributed by atoms with E-state index in [1.165, 1.54) is 0 Å². The number of hydrogen-bond acceptors (Lipinski definition) is 4. The van der Waals surface area contributed by atoms with E-state index in [4.69, 9.17) is 4.74 Å². The molecule has 5 nitrogen and oxygen atoms in total. The quantitative estimate of drug-likeness (QED) is 0.802. The summed E-state index contributed by atoms with van der Waals surface area (Å²) in [6.07, 6.45) is 2.21. The molecule has 0 unspecified atom stereocenters. The Morgan fingerprint density at radius 3 is 2.61 bits per heavy atom. The summed E-state index contributed by atoms with van der Waals surface area (Å²) in [5.41, 5.74) is 1.70. The molecule has 0 amide bonds. The number of aromatic nitrogens is 1. The molecule has 0 fully saturated rings. The van der Waals surface area contributed by atoms with E-state index in [0.717, 1.165) is 24.3 Å². The lowest BCUT2D eigenvalue weighted by Crippen LogP contribution is -2.22. The van der Waals surface area contributed by atoms with E-state index >= 15 is 0 Å². The van der Waals surface area contributed by atoms with Crippen molar-refractivity contribution in [3.63, 3.8) is 0 Å². The molecule has 2 rings (SSSR count). The summed E-state index contributed by atoms with van der Waals surface area (Å²) in [4.78, 5) is 14.3. The molecule has 124 valence electrons. The van der Waals surface area contributed by atoms with Gasteiger partial charge in [-0.1, -0.05) is 30.3 Å². The maximum Gasteiger partial charge on any atom is 0.223 e. The fourth-order valence-corrected chi connectivity index (χ4v) is 2.28. The monoisotopic (exact) mass is 316 g/mol. The second kappa shape index (κ2) is 8.50. The van der Waals surface area contributed by atoms with Gasteiger partial charge in [-0.05, 0) is 19.7 Å². The van der Waals surface area contributed by atoms with Crippen molar-refractivity contribution in [1.29, 1.82) is 0 Å². The van der Waals surface area contributed by atoms with Crippen LogP contribution < -0.4 is 10.2 Å². The van der Waals surface area contributed by atoms with Gasteiger partial charge in [-0.15, -0.1) is 0 Å². The van der Waals surface area contributed by atoms with E-state index in [-0.39, 0.29) is 12.0 Å². The number of aliphatic hydroxyl groups is 1. The van der Waals surface area contributed by atoms with Crippen molar-refractivity contribution in [3.8, 4) is 5.75 Å².